The molecule has 0 radical (unpaired) electrons. The first-order valence-corrected chi connectivity index (χ1v) is 6.74. The maximum absolute atomic E-state index is 13.5. The zero-order valence-corrected chi connectivity index (χ0v) is 12.5. The molecule has 2 aromatic rings. The SMILES string of the molecule is Cc1cc(C)c(C(=O)OCc2cc(Cl)ccc2F)cc1N. The Bertz CT molecular complexity index is 701. The number of esters is 1. The Balaban J connectivity index is 2.15. The summed E-state index contributed by atoms with van der Waals surface area (Å²) in [4.78, 5) is 12.1. The number of hydrogen-bond donors (Lipinski definition) is 1. The Morgan fingerprint density at radius 3 is 2.67 bits per heavy atom. The van der Waals surface area contributed by atoms with Crippen LogP contribution in [0.3, 0.4) is 0 Å². The van der Waals surface area contributed by atoms with Gasteiger partial charge in [-0.3, -0.25) is 0 Å². The number of nitrogens with two attached hydrogens (primary N) is 1. The molecular formula is C16H15ClFNO2. The van der Waals surface area contributed by atoms with E-state index in [2.05, 4.69) is 0 Å². The van der Waals surface area contributed by atoms with Crippen molar-refractivity contribution < 1.29 is 13.9 Å². The lowest BCUT2D eigenvalue weighted by molar-refractivity contribution is 0.0468. The van der Waals surface area contributed by atoms with Gasteiger partial charge in [0.2, 0.25) is 0 Å². The van der Waals surface area contributed by atoms with Crippen molar-refractivity contribution in [3.05, 3.63) is 63.4 Å². The predicted octanol–water partition coefficient (Wildman–Crippen LogP) is 4.04. The lowest BCUT2D eigenvalue weighted by Gasteiger charge is -2.10. The molecule has 0 aliphatic rings. The Labute approximate surface area is 127 Å². The van der Waals surface area contributed by atoms with Gasteiger partial charge in [0.05, 0.1) is 5.56 Å². The fraction of sp³-hybridized carbons (Fsp3) is 0.188. The van der Waals surface area contributed by atoms with Gasteiger partial charge in [-0.2, -0.15) is 0 Å². The number of hydrogen-bond acceptors (Lipinski definition) is 3. The van der Waals surface area contributed by atoms with E-state index in [1.807, 2.05) is 13.0 Å². The van der Waals surface area contributed by atoms with Crippen LogP contribution in [0.2, 0.25) is 5.02 Å². The van der Waals surface area contributed by atoms with Gasteiger partial charge in [-0.15, -0.1) is 0 Å². The first kappa shape index (κ1) is 15.3. The standard InChI is InChI=1S/C16H15ClFNO2/c1-9-5-10(2)15(19)7-13(9)16(20)21-8-11-6-12(17)3-4-14(11)18/h3-7H,8,19H2,1-2H3. The van der Waals surface area contributed by atoms with Crippen LogP contribution in [0.1, 0.15) is 27.0 Å². The van der Waals surface area contributed by atoms with Crippen molar-refractivity contribution in [1.29, 1.82) is 0 Å². The van der Waals surface area contributed by atoms with Gasteiger partial charge in [0, 0.05) is 16.3 Å². The van der Waals surface area contributed by atoms with Gasteiger partial charge in [-0.1, -0.05) is 17.7 Å². The normalized spacial score (nSPS) is 10.5. The zero-order chi connectivity index (χ0) is 15.6. The second-order valence-corrected chi connectivity index (χ2v) is 5.27. The highest BCUT2D eigenvalue weighted by Crippen LogP contribution is 2.20. The molecule has 0 bridgehead atoms. The van der Waals surface area contributed by atoms with Crippen molar-refractivity contribution in [2.45, 2.75) is 20.5 Å². The van der Waals surface area contributed by atoms with Crippen LogP contribution in [-0.4, -0.2) is 5.97 Å². The monoisotopic (exact) mass is 307 g/mol. The fourth-order valence-electron chi connectivity index (χ4n) is 1.96. The molecule has 21 heavy (non-hydrogen) atoms. The average molecular weight is 308 g/mol. The Morgan fingerprint density at radius 1 is 1.24 bits per heavy atom. The summed E-state index contributed by atoms with van der Waals surface area (Å²) in [6, 6.07) is 7.49. The lowest BCUT2D eigenvalue weighted by atomic mass is 10.0. The zero-order valence-electron chi connectivity index (χ0n) is 11.7. The molecule has 0 saturated carbocycles. The number of carbonyl (C=O) groups is 1. The van der Waals surface area contributed by atoms with Crippen LogP contribution in [0, 0.1) is 19.7 Å². The molecule has 0 aromatic heterocycles. The Kier molecular flexibility index (Phi) is 4.48. The van der Waals surface area contributed by atoms with Gasteiger partial charge in [0.15, 0.2) is 0 Å². The molecule has 0 fully saturated rings. The van der Waals surface area contributed by atoms with Gasteiger partial charge < -0.3 is 10.5 Å². The molecule has 0 saturated heterocycles. The van der Waals surface area contributed by atoms with E-state index in [0.29, 0.717) is 16.3 Å². The van der Waals surface area contributed by atoms with Crippen LogP contribution in [0.25, 0.3) is 0 Å². The van der Waals surface area contributed by atoms with Crippen molar-refractivity contribution >= 4 is 23.3 Å². The first-order chi connectivity index (χ1) is 9.88. The third-order valence-corrected chi connectivity index (χ3v) is 3.43. The van der Waals surface area contributed by atoms with Crippen LogP contribution in [0.15, 0.2) is 30.3 Å². The van der Waals surface area contributed by atoms with E-state index in [1.54, 1.807) is 13.0 Å². The smallest absolute Gasteiger partial charge is 0.338 e. The summed E-state index contributed by atoms with van der Waals surface area (Å²) >= 11 is 5.79. The summed E-state index contributed by atoms with van der Waals surface area (Å²) in [6.45, 7) is 3.47. The van der Waals surface area contributed by atoms with E-state index in [1.165, 1.54) is 18.2 Å². The van der Waals surface area contributed by atoms with Crippen LogP contribution < -0.4 is 5.73 Å². The first-order valence-electron chi connectivity index (χ1n) is 6.36. The van der Waals surface area contributed by atoms with Gasteiger partial charge >= 0.3 is 5.97 Å². The number of ether oxygens (including phenoxy) is 1. The van der Waals surface area contributed by atoms with Crippen LogP contribution in [0.4, 0.5) is 10.1 Å². The summed E-state index contributed by atoms with van der Waals surface area (Å²) in [6.07, 6.45) is 0. The minimum absolute atomic E-state index is 0.182. The molecular weight excluding hydrogens is 293 g/mol. The number of benzene rings is 2. The second-order valence-electron chi connectivity index (χ2n) is 4.84. The maximum Gasteiger partial charge on any atom is 0.338 e. The molecule has 110 valence electrons. The Morgan fingerprint density at radius 2 is 1.95 bits per heavy atom. The molecule has 0 heterocycles. The minimum atomic E-state index is -0.543. The van der Waals surface area contributed by atoms with Crippen LogP contribution >= 0.6 is 11.6 Å². The van der Waals surface area contributed by atoms with Crippen molar-refractivity contribution in [2.75, 3.05) is 5.73 Å². The van der Waals surface area contributed by atoms with Gasteiger partial charge in [-0.05, 0) is 49.2 Å². The second kappa shape index (κ2) is 6.14. The maximum atomic E-state index is 13.5. The summed E-state index contributed by atoms with van der Waals surface area (Å²) in [5.74, 6) is -1.01. The molecule has 0 amide bonds. The highest BCUT2D eigenvalue weighted by molar-refractivity contribution is 6.30. The topological polar surface area (TPSA) is 52.3 Å². The summed E-state index contributed by atoms with van der Waals surface area (Å²) in [7, 11) is 0. The Hall–Kier alpha value is -2.07. The highest BCUT2D eigenvalue weighted by Gasteiger charge is 2.14. The fourth-order valence-corrected chi connectivity index (χ4v) is 2.16. The number of aryl methyl sites for hydroxylation is 2. The van der Waals surface area contributed by atoms with E-state index < -0.39 is 11.8 Å². The van der Waals surface area contributed by atoms with Crippen LogP contribution in [0.5, 0.6) is 0 Å². The number of halogens is 2. The molecule has 0 atom stereocenters. The number of nitrogen functional groups attached to an aromatic ring is 1. The highest BCUT2D eigenvalue weighted by atomic mass is 35.5. The number of anilines is 1. The molecule has 2 aromatic carbocycles. The molecule has 2 rings (SSSR count). The van der Waals surface area contributed by atoms with E-state index in [4.69, 9.17) is 22.1 Å². The van der Waals surface area contributed by atoms with Crippen LogP contribution in [-0.2, 0) is 11.3 Å². The van der Waals surface area contributed by atoms with Gasteiger partial charge in [0.1, 0.15) is 12.4 Å². The molecule has 0 aliphatic carbocycles. The summed E-state index contributed by atoms with van der Waals surface area (Å²) in [5, 5.41) is 0.387. The van der Waals surface area contributed by atoms with Gasteiger partial charge in [0.25, 0.3) is 0 Å². The van der Waals surface area contributed by atoms with Gasteiger partial charge in [-0.25, -0.2) is 9.18 Å². The molecule has 3 nitrogen and oxygen atoms in total. The lowest BCUT2D eigenvalue weighted by Crippen LogP contribution is -2.09. The molecule has 2 N–H and O–H groups in total. The quantitative estimate of drug-likeness (QED) is 0.688. The predicted molar refractivity (Wildman–Crippen MR) is 80.9 cm³/mol. The molecule has 0 aliphatic heterocycles. The van der Waals surface area contributed by atoms with E-state index in [-0.39, 0.29) is 12.2 Å². The van der Waals surface area contributed by atoms with E-state index >= 15 is 0 Å². The van der Waals surface area contributed by atoms with Crippen molar-refractivity contribution in [2.24, 2.45) is 0 Å². The minimum Gasteiger partial charge on any atom is -0.457 e. The number of carbonyl (C=O) groups excluding carboxylic acids is 1. The largest absolute Gasteiger partial charge is 0.457 e. The number of rotatable bonds is 3. The van der Waals surface area contributed by atoms with Crippen molar-refractivity contribution in [1.82, 2.24) is 0 Å². The van der Waals surface area contributed by atoms with Crippen molar-refractivity contribution in [3.63, 3.8) is 0 Å². The third-order valence-electron chi connectivity index (χ3n) is 3.20. The summed E-state index contributed by atoms with van der Waals surface area (Å²) in [5.41, 5.74) is 8.57. The summed E-state index contributed by atoms with van der Waals surface area (Å²) < 4.78 is 18.7. The van der Waals surface area contributed by atoms with E-state index in [9.17, 15) is 9.18 Å². The third kappa shape index (κ3) is 3.52. The molecule has 5 heteroatoms. The molecule has 0 spiro atoms. The van der Waals surface area contributed by atoms with E-state index in [0.717, 1.165) is 11.1 Å². The molecule has 0 unspecified atom stereocenters. The van der Waals surface area contributed by atoms with Crippen molar-refractivity contribution in [3.8, 4) is 0 Å². The average Bonchev–Trinajstić information content (AvgIpc) is 2.43.